The van der Waals surface area contributed by atoms with Gasteiger partial charge in [0.1, 0.15) is 17.3 Å². The SMILES string of the molecule is CC(C)c1ccc([C@@H](Nc2cccc[nH+]2)c2ccc3cccnc3c2O)cc1. The molecule has 0 aliphatic heterocycles. The molecule has 0 aliphatic carbocycles. The second kappa shape index (κ2) is 7.69. The summed E-state index contributed by atoms with van der Waals surface area (Å²) >= 11 is 0. The lowest BCUT2D eigenvalue weighted by molar-refractivity contribution is -0.361. The normalized spacial score (nSPS) is 12.2. The lowest BCUT2D eigenvalue weighted by Crippen LogP contribution is -2.19. The van der Waals surface area contributed by atoms with Crippen LogP contribution in [0.25, 0.3) is 10.9 Å². The van der Waals surface area contributed by atoms with Gasteiger partial charge in [0.05, 0.1) is 6.20 Å². The smallest absolute Gasteiger partial charge is 0.272 e. The van der Waals surface area contributed by atoms with E-state index in [2.05, 4.69) is 53.4 Å². The summed E-state index contributed by atoms with van der Waals surface area (Å²) in [6, 6.07) is 22.0. The molecule has 2 heterocycles. The van der Waals surface area contributed by atoms with Crippen molar-refractivity contribution in [3.63, 3.8) is 0 Å². The van der Waals surface area contributed by atoms with E-state index in [4.69, 9.17) is 0 Å². The molecule has 4 aromatic rings. The van der Waals surface area contributed by atoms with Crippen molar-refractivity contribution >= 4 is 16.7 Å². The van der Waals surface area contributed by atoms with Crippen LogP contribution in [0.1, 0.15) is 42.5 Å². The summed E-state index contributed by atoms with van der Waals surface area (Å²) in [5, 5.41) is 15.4. The second-order valence-electron chi connectivity index (χ2n) is 7.25. The molecule has 0 fully saturated rings. The van der Waals surface area contributed by atoms with E-state index >= 15 is 0 Å². The number of H-pyrrole nitrogens is 1. The maximum atomic E-state index is 11.0. The number of hydrogen-bond acceptors (Lipinski definition) is 3. The Balaban J connectivity index is 1.82. The number of aromatic nitrogens is 2. The van der Waals surface area contributed by atoms with Crippen LogP contribution in [0.2, 0.25) is 0 Å². The molecule has 0 saturated heterocycles. The Kier molecular flexibility index (Phi) is 4.94. The highest BCUT2D eigenvalue weighted by molar-refractivity contribution is 5.85. The number of aromatic amines is 1. The molecule has 2 aromatic heterocycles. The zero-order valence-corrected chi connectivity index (χ0v) is 16.1. The predicted octanol–water partition coefficient (Wildman–Crippen LogP) is 5.08. The van der Waals surface area contributed by atoms with Crippen molar-refractivity contribution in [1.29, 1.82) is 0 Å². The Morgan fingerprint density at radius 3 is 2.39 bits per heavy atom. The number of fused-ring (bicyclic) bond motifs is 1. The lowest BCUT2D eigenvalue weighted by Gasteiger charge is -2.18. The van der Waals surface area contributed by atoms with Crippen LogP contribution in [-0.4, -0.2) is 10.1 Å². The summed E-state index contributed by atoms with van der Waals surface area (Å²) in [5.41, 5.74) is 3.77. The number of anilines is 1. The molecule has 0 aliphatic rings. The summed E-state index contributed by atoms with van der Waals surface area (Å²) in [6.45, 7) is 4.37. The Morgan fingerprint density at radius 1 is 0.893 bits per heavy atom. The second-order valence-corrected chi connectivity index (χ2v) is 7.25. The number of pyridine rings is 2. The summed E-state index contributed by atoms with van der Waals surface area (Å²) in [4.78, 5) is 7.59. The molecule has 0 saturated carbocycles. The van der Waals surface area contributed by atoms with Crippen molar-refractivity contribution in [3.8, 4) is 5.75 Å². The highest BCUT2D eigenvalue weighted by Gasteiger charge is 2.24. The van der Waals surface area contributed by atoms with Gasteiger partial charge in [-0.2, -0.15) is 0 Å². The van der Waals surface area contributed by atoms with E-state index < -0.39 is 0 Å². The number of phenolic OH excluding ortho intramolecular Hbond substituents is 1. The topological polar surface area (TPSA) is 59.3 Å². The Morgan fingerprint density at radius 2 is 1.68 bits per heavy atom. The fourth-order valence-corrected chi connectivity index (χ4v) is 3.43. The van der Waals surface area contributed by atoms with Gasteiger partial charge in [0.25, 0.3) is 5.82 Å². The third kappa shape index (κ3) is 3.54. The van der Waals surface area contributed by atoms with Crippen molar-refractivity contribution in [3.05, 3.63) is 95.8 Å². The van der Waals surface area contributed by atoms with E-state index in [1.165, 1.54) is 5.56 Å². The third-order valence-electron chi connectivity index (χ3n) is 5.04. The molecular formula is C24H24N3O+. The van der Waals surface area contributed by atoms with Gasteiger partial charge in [-0.15, -0.1) is 0 Å². The van der Waals surface area contributed by atoms with Crippen LogP contribution in [0.15, 0.2) is 79.1 Å². The number of benzene rings is 2. The van der Waals surface area contributed by atoms with Gasteiger partial charge < -0.3 is 5.11 Å². The molecule has 3 N–H and O–H groups in total. The van der Waals surface area contributed by atoms with Gasteiger partial charge in [-0.25, -0.2) is 4.98 Å². The first kappa shape index (κ1) is 18.0. The number of nitrogens with zero attached hydrogens (tertiary/aromatic N) is 1. The van der Waals surface area contributed by atoms with Crippen LogP contribution < -0.4 is 10.3 Å². The van der Waals surface area contributed by atoms with Crippen molar-refractivity contribution < 1.29 is 10.1 Å². The minimum absolute atomic E-state index is 0.208. The molecule has 0 amide bonds. The molecule has 0 unspecified atom stereocenters. The van der Waals surface area contributed by atoms with E-state index in [1.807, 2.05) is 48.7 Å². The molecule has 28 heavy (non-hydrogen) atoms. The quantitative estimate of drug-likeness (QED) is 0.515. The molecule has 4 nitrogen and oxygen atoms in total. The average Bonchev–Trinajstić information content (AvgIpc) is 2.74. The van der Waals surface area contributed by atoms with Gasteiger partial charge >= 0.3 is 0 Å². The Hall–Kier alpha value is -3.40. The molecule has 4 heteroatoms. The number of aromatic hydroxyl groups is 1. The van der Waals surface area contributed by atoms with Crippen LogP contribution in [0, 0.1) is 0 Å². The van der Waals surface area contributed by atoms with E-state index in [1.54, 1.807) is 6.20 Å². The molecule has 0 radical (unpaired) electrons. The molecule has 0 spiro atoms. The van der Waals surface area contributed by atoms with Crippen molar-refractivity contribution in [2.45, 2.75) is 25.8 Å². The monoisotopic (exact) mass is 370 g/mol. The summed E-state index contributed by atoms with van der Waals surface area (Å²) in [6.07, 6.45) is 3.58. The van der Waals surface area contributed by atoms with Gasteiger partial charge in [0.15, 0.2) is 0 Å². The third-order valence-corrected chi connectivity index (χ3v) is 5.04. The summed E-state index contributed by atoms with van der Waals surface area (Å²) in [7, 11) is 0. The highest BCUT2D eigenvalue weighted by atomic mass is 16.3. The van der Waals surface area contributed by atoms with E-state index in [0.717, 1.165) is 22.3 Å². The maximum absolute atomic E-state index is 11.0. The van der Waals surface area contributed by atoms with E-state index in [0.29, 0.717) is 11.4 Å². The van der Waals surface area contributed by atoms with Crippen LogP contribution >= 0.6 is 0 Å². The highest BCUT2D eigenvalue weighted by Crippen LogP contribution is 2.36. The minimum Gasteiger partial charge on any atom is -0.505 e. The van der Waals surface area contributed by atoms with Crippen molar-refractivity contribution in [1.82, 2.24) is 4.98 Å². The molecule has 4 rings (SSSR count). The molecule has 1 atom stereocenters. The summed E-state index contributed by atoms with van der Waals surface area (Å²) < 4.78 is 0. The van der Waals surface area contributed by atoms with Crippen LogP contribution in [0.5, 0.6) is 5.75 Å². The van der Waals surface area contributed by atoms with Crippen LogP contribution in [0.3, 0.4) is 0 Å². The van der Waals surface area contributed by atoms with Gasteiger partial charge in [-0.3, -0.25) is 10.3 Å². The standard InChI is InChI=1S/C24H23N3O/c1-16(2)17-8-10-19(11-9-17)22(27-21-7-3-4-14-25-21)20-13-12-18-6-5-15-26-23(18)24(20)28/h3-16,22,28H,1-2H3,(H,25,27)/p+1/t22-/m1/s1. The van der Waals surface area contributed by atoms with Gasteiger partial charge in [-0.05, 0) is 29.7 Å². The van der Waals surface area contributed by atoms with Gasteiger partial charge in [-0.1, -0.05) is 56.3 Å². The number of nitrogens with one attached hydrogen (secondary N) is 2. The van der Waals surface area contributed by atoms with Crippen LogP contribution in [-0.2, 0) is 0 Å². The Labute approximate surface area is 164 Å². The van der Waals surface area contributed by atoms with Crippen molar-refractivity contribution in [2.75, 3.05) is 5.32 Å². The fourth-order valence-electron chi connectivity index (χ4n) is 3.43. The minimum atomic E-state index is -0.216. The van der Waals surface area contributed by atoms with Gasteiger partial charge in [0.2, 0.25) is 0 Å². The lowest BCUT2D eigenvalue weighted by atomic mass is 9.94. The predicted molar refractivity (Wildman–Crippen MR) is 112 cm³/mol. The maximum Gasteiger partial charge on any atom is 0.272 e. The number of rotatable bonds is 5. The fraction of sp³-hybridized carbons (Fsp3) is 0.167. The van der Waals surface area contributed by atoms with Crippen molar-refractivity contribution in [2.24, 2.45) is 0 Å². The zero-order valence-electron chi connectivity index (χ0n) is 16.1. The first-order chi connectivity index (χ1) is 13.6. The first-order valence-electron chi connectivity index (χ1n) is 9.53. The van der Waals surface area contributed by atoms with E-state index in [-0.39, 0.29) is 11.8 Å². The first-order valence-corrected chi connectivity index (χ1v) is 9.53. The number of phenols is 1. The van der Waals surface area contributed by atoms with Crippen LogP contribution in [0.4, 0.5) is 5.82 Å². The molecule has 2 aromatic carbocycles. The average molecular weight is 370 g/mol. The molecule has 140 valence electrons. The molecular weight excluding hydrogens is 346 g/mol. The van der Waals surface area contributed by atoms with Gasteiger partial charge in [0, 0.05) is 28.8 Å². The molecule has 0 bridgehead atoms. The zero-order chi connectivity index (χ0) is 19.5. The Bertz CT molecular complexity index is 1080. The summed E-state index contributed by atoms with van der Waals surface area (Å²) in [5.74, 6) is 1.56. The van der Waals surface area contributed by atoms with E-state index in [9.17, 15) is 5.11 Å². The number of hydrogen-bond donors (Lipinski definition) is 2. The largest absolute Gasteiger partial charge is 0.505 e.